The van der Waals surface area contributed by atoms with Crippen LogP contribution in [0.25, 0.3) is 0 Å². The van der Waals surface area contributed by atoms with E-state index in [0.29, 0.717) is 5.75 Å². The fourth-order valence-electron chi connectivity index (χ4n) is 2.25. The molecule has 128 valence electrons. The van der Waals surface area contributed by atoms with Crippen molar-refractivity contribution in [2.75, 3.05) is 12.9 Å². The Bertz CT molecular complexity index is 712. The molecule has 0 N–H and O–H groups in total. The van der Waals surface area contributed by atoms with Gasteiger partial charge in [-0.25, -0.2) is 8.78 Å². The number of Topliss-reactive ketones (excluding diaryl/α,β-unsaturated/α-hetero) is 1. The van der Waals surface area contributed by atoms with Crippen LogP contribution < -0.4 is 4.74 Å². The average molecular weight is 350 g/mol. The second-order valence-electron chi connectivity index (χ2n) is 6.18. The van der Waals surface area contributed by atoms with Crippen LogP contribution in [0.15, 0.2) is 42.5 Å². The first-order valence-corrected chi connectivity index (χ1v) is 8.69. The van der Waals surface area contributed by atoms with Gasteiger partial charge in [0.15, 0.2) is 5.78 Å². The van der Waals surface area contributed by atoms with Gasteiger partial charge >= 0.3 is 0 Å². The number of carbonyl (C=O) groups is 1. The molecule has 0 atom stereocenters. The first-order valence-electron chi connectivity index (χ1n) is 7.54. The van der Waals surface area contributed by atoms with E-state index >= 15 is 0 Å². The number of hydrogen-bond donors (Lipinski definition) is 0. The van der Waals surface area contributed by atoms with Gasteiger partial charge in [0.1, 0.15) is 17.4 Å². The van der Waals surface area contributed by atoms with Crippen molar-refractivity contribution in [3.8, 4) is 5.75 Å². The summed E-state index contributed by atoms with van der Waals surface area (Å²) >= 11 is 1.60. The van der Waals surface area contributed by atoms with Gasteiger partial charge in [0.05, 0.1) is 12.7 Å². The van der Waals surface area contributed by atoms with Crippen molar-refractivity contribution in [1.29, 1.82) is 0 Å². The quantitative estimate of drug-likeness (QED) is 0.649. The minimum absolute atomic E-state index is 0.0635. The fourth-order valence-corrected chi connectivity index (χ4v) is 3.42. The Morgan fingerprint density at radius 2 is 1.79 bits per heavy atom. The zero-order chi connectivity index (χ0) is 17.7. The maximum atomic E-state index is 13.8. The van der Waals surface area contributed by atoms with E-state index in [9.17, 15) is 13.6 Å². The van der Waals surface area contributed by atoms with Crippen LogP contribution in [-0.4, -0.2) is 18.6 Å². The first kappa shape index (κ1) is 18.5. The summed E-state index contributed by atoms with van der Waals surface area (Å²) < 4.78 is 31.9. The molecule has 24 heavy (non-hydrogen) atoms. The molecule has 0 heterocycles. The molecule has 2 aromatic rings. The zero-order valence-electron chi connectivity index (χ0n) is 13.9. The van der Waals surface area contributed by atoms with Gasteiger partial charge in [-0.05, 0) is 29.8 Å². The van der Waals surface area contributed by atoms with E-state index < -0.39 is 17.0 Å². The minimum atomic E-state index is -0.812. The summed E-state index contributed by atoms with van der Waals surface area (Å²) in [5.41, 5.74) is 0.318. The molecule has 0 unspecified atom stereocenters. The summed E-state index contributed by atoms with van der Waals surface area (Å²) in [6, 6.07) is 10.8. The number of hydrogen-bond acceptors (Lipinski definition) is 3. The standard InChI is InChI=1S/C19H20F2O2S/c1-19(2,18(22)16-9-6-14(20)10-17(16)21)12-24-11-13-4-7-15(23-3)8-5-13/h4-10H,11-12H2,1-3H3. The summed E-state index contributed by atoms with van der Waals surface area (Å²) in [5, 5.41) is 0. The van der Waals surface area contributed by atoms with E-state index in [1.807, 2.05) is 24.3 Å². The number of benzene rings is 2. The second-order valence-corrected chi connectivity index (χ2v) is 7.16. The number of methoxy groups -OCH3 is 1. The smallest absolute Gasteiger partial charge is 0.172 e. The Balaban J connectivity index is 1.97. The summed E-state index contributed by atoms with van der Waals surface area (Å²) in [6.45, 7) is 3.55. The first-order chi connectivity index (χ1) is 11.3. The number of ether oxygens (including phenoxy) is 1. The topological polar surface area (TPSA) is 26.3 Å². The Labute approximate surface area is 145 Å². The van der Waals surface area contributed by atoms with E-state index in [0.717, 1.165) is 29.2 Å². The maximum Gasteiger partial charge on any atom is 0.172 e. The van der Waals surface area contributed by atoms with Crippen molar-refractivity contribution < 1.29 is 18.3 Å². The summed E-state index contributed by atoms with van der Waals surface area (Å²) in [4.78, 5) is 12.5. The van der Waals surface area contributed by atoms with E-state index in [-0.39, 0.29) is 11.3 Å². The summed E-state index contributed by atoms with van der Waals surface area (Å²) in [5.74, 6) is 0.263. The third kappa shape index (κ3) is 4.57. The number of halogens is 2. The van der Waals surface area contributed by atoms with Crippen molar-refractivity contribution in [2.24, 2.45) is 5.41 Å². The largest absolute Gasteiger partial charge is 0.497 e. The van der Waals surface area contributed by atoms with Crippen LogP contribution in [0, 0.1) is 17.0 Å². The molecule has 0 radical (unpaired) electrons. The monoisotopic (exact) mass is 350 g/mol. The highest BCUT2D eigenvalue weighted by atomic mass is 32.2. The van der Waals surface area contributed by atoms with Gasteiger partial charge in [0.2, 0.25) is 0 Å². The molecule has 0 amide bonds. The third-order valence-electron chi connectivity index (χ3n) is 3.68. The molecule has 0 bridgehead atoms. The normalized spacial score (nSPS) is 11.4. The van der Waals surface area contributed by atoms with E-state index in [1.165, 1.54) is 6.07 Å². The van der Waals surface area contributed by atoms with Crippen LogP contribution in [0.5, 0.6) is 5.75 Å². The molecule has 0 spiro atoms. The maximum absolute atomic E-state index is 13.8. The van der Waals surface area contributed by atoms with Gasteiger partial charge < -0.3 is 4.74 Å². The molecule has 0 aliphatic carbocycles. The van der Waals surface area contributed by atoms with Crippen LogP contribution in [0.3, 0.4) is 0 Å². The van der Waals surface area contributed by atoms with E-state index in [1.54, 1.807) is 32.7 Å². The van der Waals surface area contributed by atoms with Gasteiger partial charge in [-0.15, -0.1) is 0 Å². The number of ketones is 1. The second kappa shape index (κ2) is 7.79. The predicted molar refractivity (Wildman–Crippen MR) is 93.6 cm³/mol. The molecule has 2 rings (SSSR count). The number of rotatable bonds is 7. The van der Waals surface area contributed by atoms with Gasteiger partial charge in [-0.3, -0.25) is 4.79 Å². The SMILES string of the molecule is COc1ccc(CSCC(C)(C)C(=O)c2ccc(F)cc2F)cc1. The average Bonchev–Trinajstić information content (AvgIpc) is 2.55. The predicted octanol–water partition coefficient (Wildman–Crippen LogP) is 5.12. The Hall–Kier alpha value is -1.88. The lowest BCUT2D eigenvalue weighted by molar-refractivity contribution is 0.0859. The van der Waals surface area contributed by atoms with Gasteiger partial charge in [0, 0.05) is 23.0 Å². The highest BCUT2D eigenvalue weighted by molar-refractivity contribution is 7.98. The lowest BCUT2D eigenvalue weighted by Crippen LogP contribution is -2.28. The van der Waals surface area contributed by atoms with Gasteiger partial charge in [0.25, 0.3) is 0 Å². The molecule has 5 heteroatoms. The number of thioether (sulfide) groups is 1. The molecule has 2 nitrogen and oxygen atoms in total. The molecule has 0 fully saturated rings. The summed E-state index contributed by atoms with van der Waals surface area (Å²) in [6.07, 6.45) is 0. The lowest BCUT2D eigenvalue weighted by Gasteiger charge is -2.23. The molecule has 0 saturated heterocycles. The van der Waals surface area contributed by atoms with Crippen molar-refractivity contribution in [2.45, 2.75) is 19.6 Å². The molecule has 0 saturated carbocycles. The van der Waals surface area contributed by atoms with Crippen molar-refractivity contribution >= 4 is 17.5 Å². The van der Waals surface area contributed by atoms with Crippen LogP contribution in [0.1, 0.15) is 29.8 Å². The van der Waals surface area contributed by atoms with Crippen LogP contribution >= 0.6 is 11.8 Å². The van der Waals surface area contributed by atoms with E-state index in [4.69, 9.17) is 4.74 Å². The molecule has 0 aromatic heterocycles. The molecular weight excluding hydrogens is 330 g/mol. The third-order valence-corrected chi connectivity index (χ3v) is 5.14. The van der Waals surface area contributed by atoms with Gasteiger partial charge in [-0.2, -0.15) is 11.8 Å². The highest BCUT2D eigenvalue weighted by Crippen LogP contribution is 2.29. The van der Waals surface area contributed by atoms with Crippen molar-refractivity contribution in [3.63, 3.8) is 0 Å². The minimum Gasteiger partial charge on any atom is -0.497 e. The Kier molecular flexibility index (Phi) is 5.99. The molecule has 0 aliphatic heterocycles. The van der Waals surface area contributed by atoms with Gasteiger partial charge in [-0.1, -0.05) is 26.0 Å². The summed E-state index contributed by atoms with van der Waals surface area (Å²) in [7, 11) is 1.62. The molecular formula is C19H20F2O2S. The molecule has 2 aromatic carbocycles. The van der Waals surface area contributed by atoms with Crippen molar-refractivity contribution in [3.05, 3.63) is 65.2 Å². The fraction of sp³-hybridized carbons (Fsp3) is 0.316. The Morgan fingerprint density at radius 1 is 1.12 bits per heavy atom. The van der Waals surface area contributed by atoms with Crippen LogP contribution in [-0.2, 0) is 5.75 Å². The van der Waals surface area contributed by atoms with Crippen LogP contribution in [0.2, 0.25) is 0 Å². The van der Waals surface area contributed by atoms with Crippen LogP contribution in [0.4, 0.5) is 8.78 Å². The Morgan fingerprint density at radius 3 is 2.38 bits per heavy atom. The van der Waals surface area contributed by atoms with E-state index in [2.05, 4.69) is 0 Å². The number of carbonyl (C=O) groups excluding carboxylic acids is 1. The lowest BCUT2D eigenvalue weighted by atomic mass is 9.86. The zero-order valence-corrected chi connectivity index (χ0v) is 14.8. The highest BCUT2D eigenvalue weighted by Gasteiger charge is 2.30. The molecule has 0 aliphatic rings. The van der Waals surface area contributed by atoms with Crippen molar-refractivity contribution in [1.82, 2.24) is 0 Å².